The van der Waals surface area contributed by atoms with Crippen molar-refractivity contribution in [3.8, 4) is 0 Å². The zero-order valence-corrected chi connectivity index (χ0v) is 12.5. The van der Waals surface area contributed by atoms with Crippen molar-refractivity contribution in [1.29, 1.82) is 0 Å². The molecule has 0 amide bonds. The van der Waals surface area contributed by atoms with Crippen molar-refractivity contribution in [3.05, 3.63) is 0 Å². The molecule has 0 spiro atoms. The molecule has 2 atom stereocenters. The second-order valence-corrected chi connectivity index (χ2v) is 6.41. The molecule has 1 fully saturated rings. The van der Waals surface area contributed by atoms with Crippen LogP contribution in [0, 0.1) is 11.8 Å². The minimum Gasteiger partial charge on any atom is -0.311 e. The topological polar surface area (TPSA) is 12.0 Å². The molecule has 1 heteroatoms. The predicted molar refractivity (Wildman–Crippen MR) is 77.3 cm³/mol. The van der Waals surface area contributed by atoms with Gasteiger partial charge in [-0.2, -0.15) is 0 Å². The van der Waals surface area contributed by atoms with Gasteiger partial charge in [0.05, 0.1) is 0 Å². The molecule has 1 aliphatic carbocycles. The zero-order chi connectivity index (χ0) is 12.7. The highest BCUT2D eigenvalue weighted by Gasteiger charge is 2.17. The minimum absolute atomic E-state index is 0.763. The summed E-state index contributed by atoms with van der Waals surface area (Å²) in [4.78, 5) is 0. The standard InChI is InChI=1S/C16H33N/c1-5-15(12-11-14(4)13(2)3)17-16-9-7-6-8-10-16/h13-17H,5-12H2,1-4H3. The zero-order valence-electron chi connectivity index (χ0n) is 12.5. The summed E-state index contributed by atoms with van der Waals surface area (Å²) in [5.74, 6) is 1.71. The lowest BCUT2D eigenvalue weighted by atomic mass is 9.90. The summed E-state index contributed by atoms with van der Waals surface area (Å²) in [6.45, 7) is 9.43. The highest BCUT2D eigenvalue weighted by molar-refractivity contribution is 4.77. The van der Waals surface area contributed by atoms with Crippen LogP contribution in [0.4, 0.5) is 0 Å². The predicted octanol–water partition coefficient (Wildman–Crippen LogP) is 4.76. The molecule has 1 N–H and O–H groups in total. The largest absolute Gasteiger partial charge is 0.311 e. The van der Waals surface area contributed by atoms with E-state index in [4.69, 9.17) is 0 Å². The molecular formula is C16H33N. The molecular weight excluding hydrogens is 206 g/mol. The molecule has 0 aromatic carbocycles. The van der Waals surface area contributed by atoms with Crippen LogP contribution in [-0.2, 0) is 0 Å². The van der Waals surface area contributed by atoms with Crippen molar-refractivity contribution in [2.24, 2.45) is 11.8 Å². The molecule has 0 bridgehead atoms. The van der Waals surface area contributed by atoms with Crippen LogP contribution in [0.1, 0.15) is 79.1 Å². The van der Waals surface area contributed by atoms with Gasteiger partial charge in [-0.05, 0) is 43.9 Å². The van der Waals surface area contributed by atoms with E-state index in [2.05, 4.69) is 33.0 Å². The van der Waals surface area contributed by atoms with E-state index in [1.807, 2.05) is 0 Å². The van der Waals surface area contributed by atoms with E-state index in [1.54, 1.807) is 0 Å². The third kappa shape index (κ3) is 5.90. The molecule has 0 heterocycles. The van der Waals surface area contributed by atoms with Crippen LogP contribution >= 0.6 is 0 Å². The van der Waals surface area contributed by atoms with Crippen LogP contribution in [0.5, 0.6) is 0 Å². The van der Waals surface area contributed by atoms with Crippen molar-refractivity contribution >= 4 is 0 Å². The summed E-state index contributed by atoms with van der Waals surface area (Å²) < 4.78 is 0. The molecule has 2 unspecified atom stereocenters. The van der Waals surface area contributed by atoms with E-state index in [1.165, 1.54) is 51.4 Å². The Labute approximate surface area is 109 Å². The van der Waals surface area contributed by atoms with Crippen molar-refractivity contribution in [3.63, 3.8) is 0 Å². The Morgan fingerprint density at radius 1 is 1.00 bits per heavy atom. The van der Waals surface area contributed by atoms with Crippen LogP contribution in [0.2, 0.25) is 0 Å². The Balaban J connectivity index is 2.22. The van der Waals surface area contributed by atoms with Crippen molar-refractivity contribution in [1.82, 2.24) is 5.32 Å². The Hall–Kier alpha value is -0.0400. The number of hydrogen-bond donors (Lipinski definition) is 1. The molecule has 17 heavy (non-hydrogen) atoms. The van der Waals surface area contributed by atoms with Gasteiger partial charge in [0.25, 0.3) is 0 Å². The van der Waals surface area contributed by atoms with Gasteiger partial charge < -0.3 is 5.32 Å². The van der Waals surface area contributed by atoms with Crippen LogP contribution in [0.3, 0.4) is 0 Å². The molecule has 102 valence electrons. The Bertz CT molecular complexity index is 182. The van der Waals surface area contributed by atoms with Crippen LogP contribution in [0.15, 0.2) is 0 Å². The van der Waals surface area contributed by atoms with Crippen LogP contribution in [-0.4, -0.2) is 12.1 Å². The van der Waals surface area contributed by atoms with Crippen LogP contribution < -0.4 is 5.32 Å². The van der Waals surface area contributed by atoms with Crippen molar-refractivity contribution < 1.29 is 0 Å². The molecule has 1 saturated carbocycles. The normalized spacial score (nSPS) is 21.7. The molecule has 0 radical (unpaired) electrons. The first-order valence-electron chi connectivity index (χ1n) is 7.89. The van der Waals surface area contributed by atoms with Crippen molar-refractivity contribution in [2.45, 2.75) is 91.1 Å². The lowest BCUT2D eigenvalue weighted by molar-refractivity contribution is 0.296. The van der Waals surface area contributed by atoms with Gasteiger partial charge in [-0.3, -0.25) is 0 Å². The maximum Gasteiger partial charge on any atom is 0.00696 e. The number of nitrogens with one attached hydrogen (secondary N) is 1. The SMILES string of the molecule is CCC(CCC(C)C(C)C)NC1CCCCC1. The Morgan fingerprint density at radius 3 is 2.18 bits per heavy atom. The van der Waals surface area contributed by atoms with E-state index >= 15 is 0 Å². The quantitative estimate of drug-likeness (QED) is 0.675. The second kappa shape index (κ2) is 8.13. The highest BCUT2D eigenvalue weighted by atomic mass is 14.9. The fourth-order valence-electron chi connectivity index (χ4n) is 2.81. The summed E-state index contributed by atoms with van der Waals surface area (Å²) in [5, 5.41) is 3.90. The van der Waals surface area contributed by atoms with Gasteiger partial charge in [-0.25, -0.2) is 0 Å². The minimum atomic E-state index is 0.763. The van der Waals surface area contributed by atoms with Gasteiger partial charge in [0.1, 0.15) is 0 Å². The summed E-state index contributed by atoms with van der Waals surface area (Å²) in [6, 6.07) is 1.59. The molecule has 0 aromatic heterocycles. The average molecular weight is 239 g/mol. The summed E-state index contributed by atoms with van der Waals surface area (Å²) in [6.07, 6.45) is 11.2. The third-order valence-corrected chi connectivity index (χ3v) is 4.68. The highest BCUT2D eigenvalue weighted by Crippen LogP contribution is 2.21. The van der Waals surface area contributed by atoms with Gasteiger partial charge in [0.15, 0.2) is 0 Å². The number of rotatable bonds is 7. The molecule has 1 nitrogen and oxygen atoms in total. The van der Waals surface area contributed by atoms with Crippen LogP contribution in [0.25, 0.3) is 0 Å². The summed E-state index contributed by atoms with van der Waals surface area (Å²) >= 11 is 0. The molecule has 1 rings (SSSR count). The molecule has 0 aromatic rings. The lowest BCUT2D eigenvalue weighted by Gasteiger charge is -2.29. The van der Waals surface area contributed by atoms with Gasteiger partial charge in [-0.15, -0.1) is 0 Å². The maximum absolute atomic E-state index is 3.90. The first kappa shape index (κ1) is 15.0. The summed E-state index contributed by atoms with van der Waals surface area (Å²) in [5.41, 5.74) is 0. The van der Waals surface area contributed by atoms with Crippen molar-refractivity contribution in [2.75, 3.05) is 0 Å². The smallest absolute Gasteiger partial charge is 0.00696 e. The molecule has 1 aliphatic rings. The fourth-order valence-corrected chi connectivity index (χ4v) is 2.81. The van der Waals surface area contributed by atoms with E-state index in [9.17, 15) is 0 Å². The molecule has 0 saturated heterocycles. The van der Waals surface area contributed by atoms with E-state index in [-0.39, 0.29) is 0 Å². The average Bonchev–Trinajstić information content (AvgIpc) is 2.35. The second-order valence-electron chi connectivity index (χ2n) is 6.41. The van der Waals surface area contributed by atoms with E-state index in [0.29, 0.717) is 0 Å². The van der Waals surface area contributed by atoms with E-state index < -0.39 is 0 Å². The van der Waals surface area contributed by atoms with Gasteiger partial charge in [0, 0.05) is 12.1 Å². The van der Waals surface area contributed by atoms with E-state index in [0.717, 1.165) is 23.9 Å². The first-order chi connectivity index (χ1) is 8.13. The third-order valence-electron chi connectivity index (χ3n) is 4.68. The monoisotopic (exact) mass is 239 g/mol. The Morgan fingerprint density at radius 2 is 1.65 bits per heavy atom. The lowest BCUT2D eigenvalue weighted by Crippen LogP contribution is -2.39. The maximum atomic E-state index is 3.90. The van der Waals surface area contributed by atoms with Gasteiger partial charge >= 0.3 is 0 Å². The number of hydrogen-bond acceptors (Lipinski definition) is 1. The fraction of sp³-hybridized carbons (Fsp3) is 1.00. The molecule has 0 aliphatic heterocycles. The van der Waals surface area contributed by atoms with Gasteiger partial charge in [0.2, 0.25) is 0 Å². The van der Waals surface area contributed by atoms with Gasteiger partial charge in [-0.1, -0.05) is 47.0 Å². The summed E-state index contributed by atoms with van der Waals surface area (Å²) in [7, 11) is 0. The first-order valence-corrected chi connectivity index (χ1v) is 7.89. The Kier molecular flexibility index (Phi) is 7.18.